The summed E-state index contributed by atoms with van der Waals surface area (Å²) in [6.45, 7) is 2.25. The number of likely N-dealkylation sites (tertiary alicyclic amines) is 1. The Morgan fingerprint density at radius 1 is 1.08 bits per heavy atom. The van der Waals surface area contributed by atoms with E-state index in [9.17, 15) is 14.9 Å². The molecule has 4 aromatic rings. The van der Waals surface area contributed by atoms with Gasteiger partial charge in [0.25, 0.3) is 5.91 Å². The van der Waals surface area contributed by atoms with Gasteiger partial charge in [-0.1, -0.05) is 12.1 Å². The van der Waals surface area contributed by atoms with E-state index in [4.69, 9.17) is 5.73 Å². The molecule has 1 aliphatic rings. The van der Waals surface area contributed by atoms with Crippen molar-refractivity contribution in [3.8, 4) is 16.8 Å². The number of hydrogen-bond donors (Lipinski definition) is 2. The lowest BCUT2D eigenvalue weighted by atomic mass is 10.0. The highest BCUT2D eigenvalue weighted by atomic mass is 16.6. The summed E-state index contributed by atoms with van der Waals surface area (Å²) in [7, 11) is 0. The van der Waals surface area contributed by atoms with E-state index >= 15 is 0 Å². The Labute approximate surface area is 214 Å². The van der Waals surface area contributed by atoms with Crippen LogP contribution in [0.15, 0.2) is 67.5 Å². The lowest BCUT2D eigenvalue weighted by molar-refractivity contribution is -0.384. The first kappa shape index (κ1) is 25.6. The van der Waals surface area contributed by atoms with Gasteiger partial charge in [-0.15, -0.1) is 0 Å². The average molecular weight is 503 g/mol. The van der Waals surface area contributed by atoms with Crippen LogP contribution in [-0.4, -0.2) is 47.9 Å². The van der Waals surface area contributed by atoms with Crippen molar-refractivity contribution in [2.45, 2.75) is 32.2 Å². The zero-order valence-electron chi connectivity index (χ0n) is 20.5. The molecule has 0 bridgehead atoms. The average Bonchev–Trinajstić information content (AvgIpc) is 3.66. The minimum atomic E-state index is -0.533. The Kier molecular flexibility index (Phi) is 7.63. The second-order valence-electron chi connectivity index (χ2n) is 8.91. The molecular formula is C26H30N8O3. The van der Waals surface area contributed by atoms with Gasteiger partial charge in [-0.3, -0.25) is 14.9 Å². The number of aromatic nitrogens is 4. The van der Waals surface area contributed by atoms with Crippen LogP contribution in [0.25, 0.3) is 16.8 Å². The van der Waals surface area contributed by atoms with Crippen LogP contribution < -0.4 is 11.9 Å². The topological polar surface area (TPSA) is 160 Å². The van der Waals surface area contributed by atoms with Crippen molar-refractivity contribution in [1.82, 2.24) is 30.2 Å². The maximum absolute atomic E-state index is 13.3. The molecule has 5 rings (SSSR count). The summed E-state index contributed by atoms with van der Waals surface area (Å²) in [4.78, 5) is 34.0. The minimum Gasteiger partial charge on any atom is -0.378 e. The number of imidazole rings is 1. The molecule has 0 aliphatic carbocycles. The molecule has 5 N–H and O–H groups in total. The fraction of sp³-hybridized carbons (Fsp3) is 0.269. The van der Waals surface area contributed by atoms with Gasteiger partial charge >= 0.3 is 5.69 Å². The molecule has 4 heterocycles. The lowest BCUT2D eigenvalue weighted by Gasteiger charge is -2.15. The van der Waals surface area contributed by atoms with Crippen LogP contribution in [0.3, 0.4) is 0 Å². The lowest BCUT2D eigenvalue weighted by Crippen LogP contribution is -2.27. The zero-order chi connectivity index (χ0) is 25.1. The number of amides is 1. The summed E-state index contributed by atoms with van der Waals surface area (Å²) in [6, 6.07) is 11.1. The number of nitrogen functional groups attached to an aromatic ring is 1. The van der Waals surface area contributed by atoms with E-state index in [-0.39, 0.29) is 23.6 Å². The van der Waals surface area contributed by atoms with E-state index in [0.29, 0.717) is 24.2 Å². The maximum Gasteiger partial charge on any atom is 0.311 e. The third kappa shape index (κ3) is 5.51. The Hall–Kier alpha value is -4.51. The first-order chi connectivity index (χ1) is 17.5. The first-order valence-electron chi connectivity index (χ1n) is 12.0. The van der Waals surface area contributed by atoms with E-state index in [2.05, 4.69) is 9.97 Å². The van der Waals surface area contributed by atoms with Crippen molar-refractivity contribution in [2.24, 2.45) is 0 Å². The van der Waals surface area contributed by atoms with Crippen LogP contribution in [0, 0.1) is 10.1 Å². The summed E-state index contributed by atoms with van der Waals surface area (Å²) in [5.74, 6) is -0.0110. The van der Waals surface area contributed by atoms with Crippen LogP contribution in [0.4, 0.5) is 11.5 Å². The van der Waals surface area contributed by atoms with Gasteiger partial charge in [-0.05, 0) is 49.4 Å². The molecule has 1 saturated heterocycles. The zero-order valence-corrected chi connectivity index (χ0v) is 20.5. The highest BCUT2D eigenvalue weighted by Crippen LogP contribution is 2.29. The van der Waals surface area contributed by atoms with Gasteiger partial charge in [0.2, 0.25) is 5.82 Å². The Morgan fingerprint density at radius 2 is 1.84 bits per heavy atom. The molecule has 1 aromatic carbocycles. The number of rotatable bonds is 8. The van der Waals surface area contributed by atoms with E-state index in [1.165, 1.54) is 6.07 Å². The molecule has 0 atom stereocenters. The molecule has 1 amide bonds. The number of anilines is 1. The second kappa shape index (κ2) is 11.0. The number of hydrogen-bond acceptors (Lipinski definition) is 7. The van der Waals surface area contributed by atoms with Crippen LogP contribution in [0.5, 0.6) is 0 Å². The number of nitrogens with two attached hydrogens (primary N) is 1. The van der Waals surface area contributed by atoms with E-state index in [1.54, 1.807) is 18.6 Å². The van der Waals surface area contributed by atoms with Crippen LogP contribution in [0.2, 0.25) is 0 Å². The normalized spacial score (nSPS) is 12.9. The monoisotopic (exact) mass is 502 g/mol. The van der Waals surface area contributed by atoms with E-state index in [0.717, 1.165) is 49.2 Å². The fourth-order valence-corrected chi connectivity index (χ4v) is 4.60. The SMILES string of the molecule is N.Nc1nc(CCCn2cc(C(=O)N3CCCC3)c(-c3ccc(-n4ccnc4)cc3)c2)ccc1[N+](=O)[O-]. The van der Waals surface area contributed by atoms with Crippen LogP contribution in [-0.2, 0) is 13.0 Å². The number of nitrogens with zero attached hydrogens (tertiary/aromatic N) is 6. The number of carbonyl (C=O) groups excluding carboxylic acids is 1. The van der Waals surface area contributed by atoms with Crippen molar-refractivity contribution in [2.75, 3.05) is 18.8 Å². The van der Waals surface area contributed by atoms with Gasteiger partial charge in [0.15, 0.2) is 0 Å². The van der Waals surface area contributed by atoms with Gasteiger partial charge in [-0.25, -0.2) is 9.97 Å². The predicted octanol–water partition coefficient (Wildman–Crippen LogP) is 4.26. The van der Waals surface area contributed by atoms with Gasteiger partial charge < -0.3 is 25.9 Å². The number of benzene rings is 1. The van der Waals surface area contributed by atoms with Gasteiger partial charge in [-0.2, -0.15) is 0 Å². The third-order valence-electron chi connectivity index (χ3n) is 6.49. The standard InChI is InChI=1S/C26H27N7O3.H3N/c27-25-24(33(35)36)10-7-20(29-25)4-3-12-30-16-22(23(17-30)26(34)31-13-1-2-14-31)19-5-8-21(9-6-19)32-15-11-28-18-32;/h5-11,15-18H,1-4,12-14H2,(H2,27,29);1H3. The maximum atomic E-state index is 13.3. The Morgan fingerprint density at radius 3 is 2.49 bits per heavy atom. The predicted molar refractivity (Wildman–Crippen MR) is 141 cm³/mol. The molecule has 192 valence electrons. The molecular weight excluding hydrogens is 472 g/mol. The van der Waals surface area contributed by atoms with Crippen molar-refractivity contribution < 1.29 is 9.72 Å². The van der Waals surface area contributed by atoms with Crippen LogP contribution >= 0.6 is 0 Å². The third-order valence-corrected chi connectivity index (χ3v) is 6.49. The molecule has 37 heavy (non-hydrogen) atoms. The molecule has 0 saturated carbocycles. The van der Waals surface area contributed by atoms with Crippen molar-refractivity contribution in [3.63, 3.8) is 0 Å². The second-order valence-corrected chi connectivity index (χ2v) is 8.91. The van der Waals surface area contributed by atoms with Gasteiger partial charge in [0.1, 0.15) is 0 Å². The van der Waals surface area contributed by atoms with Crippen LogP contribution in [0.1, 0.15) is 35.3 Å². The molecule has 0 unspecified atom stereocenters. The molecule has 0 spiro atoms. The minimum absolute atomic E-state index is 0. The largest absolute Gasteiger partial charge is 0.378 e. The van der Waals surface area contributed by atoms with Crippen molar-refractivity contribution >= 4 is 17.4 Å². The Balaban J connectivity index is 0.00000320. The summed E-state index contributed by atoms with van der Waals surface area (Å²) in [5, 5.41) is 11.0. The number of nitro groups is 1. The summed E-state index contributed by atoms with van der Waals surface area (Å²) >= 11 is 0. The number of aryl methyl sites for hydroxylation is 2. The molecule has 1 aliphatic heterocycles. The Bertz CT molecular complexity index is 1370. The summed E-state index contributed by atoms with van der Waals surface area (Å²) in [6.07, 6.45) is 12.8. The number of carbonyl (C=O) groups is 1. The quantitative estimate of drug-likeness (QED) is 0.269. The molecule has 3 aromatic heterocycles. The van der Waals surface area contributed by atoms with Gasteiger partial charge in [0.05, 0.1) is 16.8 Å². The highest BCUT2D eigenvalue weighted by molar-refractivity contribution is 6.01. The molecule has 11 nitrogen and oxygen atoms in total. The highest BCUT2D eigenvalue weighted by Gasteiger charge is 2.24. The molecule has 0 radical (unpaired) electrons. The summed E-state index contributed by atoms with van der Waals surface area (Å²) < 4.78 is 3.97. The van der Waals surface area contributed by atoms with E-state index in [1.807, 2.05) is 56.9 Å². The fourth-order valence-electron chi connectivity index (χ4n) is 4.60. The van der Waals surface area contributed by atoms with Crippen molar-refractivity contribution in [1.29, 1.82) is 0 Å². The molecule has 1 fully saturated rings. The van der Waals surface area contributed by atoms with E-state index < -0.39 is 4.92 Å². The molecule has 11 heteroatoms. The number of pyridine rings is 1. The first-order valence-corrected chi connectivity index (χ1v) is 12.0. The smallest absolute Gasteiger partial charge is 0.311 e. The van der Waals surface area contributed by atoms with Gasteiger partial charge in [0, 0.05) is 67.4 Å². The van der Waals surface area contributed by atoms with Crippen molar-refractivity contribution in [3.05, 3.63) is 88.9 Å². The summed E-state index contributed by atoms with van der Waals surface area (Å²) in [5.41, 5.74) is 9.82.